The minimum Gasteiger partial charge on any atom is -0.481 e. The molecular formula is C14H20N2O2. The number of pyridine rings is 1. The SMILES string of the molecule is Cc1ccc(NC2(CC(=O)O)CCCCC2)nc1. The summed E-state index contributed by atoms with van der Waals surface area (Å²) in [6, 6.07) is 3.92. The summed E-state index contributed by atoms with van der Waals surface area (Å²) in [5.41, 5.74) is 0.795. The van der Waals surface area contributed by atoms with Crippen molar-refractivity contribution < 1.29 is 9.90 Å². The Hall–Kier alpha value is -1.58. The van der Waals surface area contributed by atoms with Crippen LogP contribution in [0.2, 0.25) is 0 Å². The van der Waals surface area contributed by atoms with E-state index < -0.39 is 5.97 Å². The minimum absolute atomic E-state index is 0.169. The van der Waals surface area contributed by atoms with Gasteiger partial charge in [-0.05, 0) is 31.4 Å². The van der Waals surface area contributed by atoms with Gasteiger partial charge in [-0.3, -0.25) is 4.79 Å². The van der Waals surface area contributed by atoms with Gasteiger partial charge in [0.05, 0.1) is 6.42 Å². The zero-order valence-electron chi connectivity index (χ0n) is 10.8. The number of carboxylic acid groups (broad SMARTS) is 1. The number of aromatic nitrogens is 1. The number of hydrogen-bond acceptors (Lipinski definition) is 3. The molecule has 1 aromatic heterocycles. The molecule has 0 saturated heterocycles. The van der Waals surface area contributed by atoms with Gasteiger partial charge in [-0.15, -0.1) is 0 Å². The van der Waals surface area contributed by atoms with Gasteiger partial charge in [0, 0.05) is 11.7 Å². The lowest BCUT2D eigenvalue weighted by Gasteiger charge is -2.37. The summed E-state index contributed by atoms with van der Waals surface area (Å²) in [6.07, 6.45) is 7.18. The van der Waals surface area contributed by atoms with Gasteiger partial charge in [0.1, 0.15) is 5.82 Å². The Labute approximate surface area is 107 Å². The van der Waals surface area contributed by atoms with Crippen molar-refractivity contribution in [1.29, 1.82) is 0 Å². The van der Waals surface area contributed by atoms with E-state index in [2.05, 4.69) is 10.3 Å². The van der Waals surface area contributed by atoms with E-state index in [1.807, 2.05) is 19.1 Å². The maximum Gasteiger partial charge on any atom is 0.305 e. The van der Waals surface area contributed by atoms with Crippen molar-refractivity contribution in [3.63, 3.8) is 0 Å². The number of carbonyl (C=O) groups is 1. The molecule has 0 radical (unpaired) electrons. The van der Waals surface area contributed by atoms with E-state index in [4.69, 9.17) is 5.11 Å². The highest BCUT2D eigenvalue weighted by Gasteiger charge is 2.34. The van der Waals surface area contributed by atoms with Crippen molar-refractivity contribution in [3.8, 4) is 0 Å². The highest BCUT2D eigenvalue weighted by molar-refractivity contribution is 5.69. The Balaban J connectivity index is 2.13. The van der Waals surface area contributed by atoms with Gasteiger partial charge in [-0.2, -0.15) is 0 Å². The first-order valence-corrected chi connectivity index (χ1v) is 6.52. The third kappa shape index (κ3) is 3.22. The fourth-order valence-corrected chi connectivity index (χ4v) is 2.68. The van der Waals surface area contributed by atoms with Crippen molar-refractivity contribution in [2.45, 2.75) is 51.0 Å². The van der Waals surface area contributed by atoms with Crippen LogP contribution >= 0.6 is 0 Å². The van der Waals surface area contributed by atoms with Crippen LogP contribution in [0.4, 0.5) is 5.82 Å². The first kappa shape index (κ1) is 12.9. The van der Waals surface area contributed by atoms with Gasteiger partial charge < -0.3 is 10.4 Å². The van der Waals surface area contributed by atoms with E-state index in [9.17, 15) is 4.79 Å². The zero-order chi connectivity index (χ0) is 13.0. The zero-order valence-corrected chi connectivity index (χ0v) is 10.8. The summed E-state index contributed by atoms with van der Waals surface area (Å²) in [4.78, 5) is 15.4. The van der Waals surface area contributed by atoms with E-state index in [1.54, 1.807) is 6.20 Å². The molecule has 18 heavy (non-hydrogen) atoms. The fourth-order valence-electron chi connectivity index (χ4n) is 2.68. The quantitative estimate of drug-likeness (QED) is 0.860. The molecule has 1 aliphatic carbocycles. The van der Waals surface area contributed by atoms with Crippen LogP contribution in [0, 0.1) is 6.92 Å². The third-order valence-electron chi connectivity index (χ3n) is 3.60. The second kappa shape index (κ2) is 5.38. The molecule has 0 bridgehead atoms. The normalized spacial score (nSPS) is 18.3. The third-order valence-corrected chi connectivity index (χ3v) is 3.60. The standard InChI is InChI=1S/C14H20N2O2/c1-11-5-6-12(15-10-11)16-14(9-13(17)18)7-3-2-4-8-14/h5-6,10H,2-4,7-9H2,1H3,(H,15,16)(H,17,18). The molecule has 0 spiro atoms. The topological polar surface area (TPSA) is 62.2 Å². The smallest absolute Gasteiger partial charge is 0.305 e. The predicted octanol–water partition coefficient (Wildman–Crippen LogP) is 2.98. The Morgan fingerprint density at radius 3 is 2.67 bits per heavy atom. The summed E-state index contributed by atoms with van der Waals surface area (Å²) < 4.78 is 0. The van der Waals surface area contributed by atoms with Crippen molar-refractivity contribution in [2.75, 3.05) is 5.32 Å². The van der Waals surface area contributed by atoms with E-state index in [0.29, 0.717) is 0 Å². The Kier molecular flexibility index (Phi) is 3.84. The van der Waals surface area contributed by atoms with Crippen molar-refractivity contribution in [2.24, 2.45) is 0 Å². The molecule has 4 heteroatoms. The molecular weight excluding hydrogens is 228 g/mol. The number of nitrogens with one attached hydrogen (secondary N) is 1. The van der Waals surface area contributed by atoms with Crippen LogP contribution in [0.15, 0.2) is 18.3 Å². The highest BCUT2D eigenvalue weighted by atomic mass is 16.4. The number of hydrogen-bond donors (Lipinski definition) is 2. The van der Waals surface area contributed by atoms with Crippen molar-refractivity contribution in [1.82, 2.24) is 4.98 Å². The highest BCUT2D eigenvalue weighted by Crippen LogP contribution is 2.34. The van der Waals surface area contributed by atoms with Gasteiger partial charge in [0.2, 0.25) is 0 Å². The van der Waals surface area contributed by atoms with Crippen LogP contribution < -0.4 is 5.32 Å². The second-order valence-electron chi connectivity index (χ2n) is 5.26. The number of anilines is 1. The van der Waals surface area contributed by atoms with Gasteiger partial charge in [0.25, 0.3) is 0 Å². The molecule has 0 amide bonds. The molecule has 1 heterocycles. The first-order valence-electron chi connectivity index (χ1n) is 6.52. The van der Waals surface area contributed by atoms with E-state index in [0.717, 1.165) is 37.1 Å². The molecule has 4 nitrogen and oxygen atoms in total. The van der Waals surface area contributed by atoms with Crippen LogP contribution in [0.25, 0.3) is 0 Å². The molecule has 2 N–H and O–H groups in total. The van der Waals surface area contributed by atoms with Crippen LogP contribution in [-0.2, 0) is 4.79 Å². The Morgan fingerprint density at radius 1 is 1.39 bits per heavy atom. The molecule has 98 valence electrons. The molecule has 0 atom stereocenters. The number of rotatable bonds is 4. The first-order chi connectivity index (χ1) is 8.60. The van der Waals surface area contributed by atoms with Crippen LogP contribution in [0.1, 0.15) is 44.1 Å². The molecule has 2 rings (SSSR count). The monoisotopic (exact) mass is 248 g/mol. The molecule has 1 aromatic rings. The molecule has 0 aliphatic heterocycles. The summed E-state index contributed by atoms with van der Waals surface area (Å²) in [6.45, 7) is 1.99. The van der Waals surface area contributed by atoms with Gasteiger partial charge in [-0.25, -0.2) is 4.98 Å². The van der Waals surface area contributed by atoms with Crippen LogP contribution in [0.3, 0.4) is 0 Å². The van der Waals surface area contributed by atoms with Gasteiger partial charge in [-0.1, -0.05) is 25.3 Å². The number of aryl methyl sites for hydroxylation is 1. The van der Waals surface area contributed by atoms with E-state index in [1.165, 1.54) is 6.42 Å². The van der Waals surface area contributed by atoms with E-state index in [-0.39, 0.29) is 12.0 Å². The lowest BCUT2D eigenvalue weighted by molar-refractivity contribution is -0.138. The maximum absolute atomic E-state index is 11.1. The predicted molar refractivity (Wildman–Crippen MR) is 70.7 cm³/mol. The fraction of sp³-hybridized carbons (Fsp3) is 0.571. The van der Waals surface area contributed by atoms with Crippen molar-refractivity contribution >= 4 is 11.8 Å². The summed E-state index contributed by atoms with van der Waals surface area (Å²) in [5.74, 6) is 0.0419. The minimum atomic E-state index is -0.739. The largest absolute Gasteiger partial charge is 0.481 e. The molecule has 0 aromatic carbocycles. The summed E-state index contributed by atoms with van der Waals surface area (Å²) in [5, 5.41) is 12.5. The molecule has 0 unspecified atom stereocenters. The molecule has 1 aliphatic rings. The lowest BCUT2D eigenvalue weighted by Crippen LogP contribution is -2.42. The molecule has 1 saturated carbocycles. The number of carboxylic acids is 1. The Bertz CT molecular complexity index is 408. The molecule has 1 fully saturated rings. The van der Waals surface area contributed by atoms with Gasteiger partial charge in [0.15, 0.2) is 0 Å². The summed E-state index contributed by atoms with van der Waals surface area (Å²) in [7, 11) is 0. The van der Waals surface area contributed by atoms with Crippen LogP contribution in [-0.4, -0.2) is 21.6 Å². The summed E-state index contributed by atoms with van der Waals surface area (Å²) >= 11 is 0. The average molecular weight is 248 g/mol. The van der Waals surface area contributed by atoms with Crippen LogP contribution in [0.5, 0.6) is 0 Å². The maximum atomic E-state index is 11.1. The second-order valence-corrected chi connectivity index (χ2v) is 5.26. The van der Waals surface area contributed by atoms with Gasteiger partial charge >= 0.3 is 5.97 Å². The number of aliphatic carboxylic acids is 1. The van der Waals surface area contributed by atoms with Crippen molar-refractivity contribution in [3.05, 3.63) is 23.9 Å². The average Bonchev–Trinajstić information content (AvgIpc) is 2.32. The van der Waals surface area contributed by atoms with E-state index >= 15 is 0 Å². The Morgan fingerprint density at radius 2 is 2.11 bits per heavy atom. The number of nitrogens with zero attached hydrogens (tertiary/aromatic N) is 1. The lowest BCUT2D eigenvalue weighted by atomic mass is 9.79.